The van der Waals surface area contributed by atoms with Gasteiger partial charge in [-0.15, -0.1) is 0 Å². The SMILES string of the molecule is C=C1OC(=O)C(=CCCCCCC=CCCCCCCCC)C1O. The van der Waals surface area contributed by atoms with Crippen LogP contribution in [-0.4, -0.2) is 17.2 Å². The fourth-order valence-corrected chi connectivity index (χ4v) is 2.83. The van der Waals surface area contributed by atoms with Gasteiger partial charge in [0.25, 0.3) is 0 Å². The molecule has 1 atom stereocenters. The molecule has 1 saturated heterocycles. The Balaban J connectivity index is 1.94. The number of ether oxygens (including phenoxy) is 1. The minimum Gasteiger partial charge on any atom is -0.425 e. The van der Waals surface area contributed by atoms with Crippen molar-refractivity contribution in [1.82, 2.24) is 0 Å². The summed E-state index contributed by atoms with van der Waals surface area (Å²) in [7, 11) is 0. The van der Waals surface area contributed by atoms with E-state index in [2.05, 4.69) is 25.7 Å². The Bertz CT molecular complexity index is 434. The van der Waals surface area contributed by atoms with Crippen LogP contribution >= 0.6 is 0 Å². The number of rotatable bonds is 13. The van der Waals surface area contributed by atoms with Gasteiger partial charge in [0.1, 0.15) is 11.9 Å². The Labute approximate surface area is 147 Å². The second-order valence-corrected chi connectivity index (χ2v) is 6.58. The van der Waals surface area contributed by atoms with E-state index in [1.54, 1.807) is 6.08 Å². The molecule has 0 radical (unpaired) electrons. The summed E-state index contributed by atoms with van der Waals surface area (Å²) in [5.74, 6) is -0.313. The third kappa shape index (κ3) is 8.49. The van der Waals surface area contributed by atoms with Crippen LogP contribution in [0.3, 0.4) is 0 Å². The van der Waals surface area contributed by atoms with E-state index in [9.17, 15) is 9.90 Å². The summed E-state index contributed by atoms with van der Waals surface area (Å²) in [5, 5.41) is 9.71. The number of allylic oxidation sites excluding steroid dienone is 3. The van der Waals surface area contributed by atoms with Crippen LogP contribution in [0.15, 0.2) is 36.1 Å². The van der Waals surface area contributed by atoms with Crippen LogP contribution in [-0.2, 0) is 9.53 Å². The molecule has 0 aromatic rings. The molecule has 1 rings (SSSR count). The number of cyclic esters (lactones) is 1. The molecular formula is C21H34O3. The molecule has 0 amide bonds. The second kappa shape index (κ2) is 13.0. The highest BCUT2D eigenvalue weighted by atomic mass is 16.6. The summed E-state index contributed by atoms with van der Waals surface area (Å²) in [4.78, 5) is 11.4. The number of hydrogen-bond acceptors (Lipinski definition) is 3. The van der Waals surface area contributed by atoms with Crippen molar-refractivity contribution in [2.24, 2.45) is 0 Å². The number of carbonyl (C=O) groups is 1. The fourth-order valence-electron chi connectivity index (χ4n) is 2.83. The van der Waals surface area contributed by atoms with E-state index >= 15 is 0 Å². The first-order valence-electron chi connectivity index (χ1n) is 9.61. The highest BCUT2D eigenvalue weighted by Gasteiger charge is 2.32. The fraction of sp³-hybridized carbons (Fsp3) is 0.667. The zero-order valence-corrected chi connectivity index (χ0v) is 15.3. The van der Waals surface area contributed by atoms with E-state index in [1.807, 2.05) is 0 Å². The zero-order chi connectivity index (χ0) is 17.6. The van der Waals surface area contributed by atoms with Gasteiger partial charge in [-0.05, 0) is 38.5 Å². The maximum atomic E-state index is 11.4. The summed E-state index contributed by atoms with van der Waals surface area (Å²) in [6, 6.07) is 0. The molecule has 0 spiro atoms. The largest absolute Gasteiger partial charge is 0.425 e. The molecule has 0 aromatic heterocycles. The number of hydrogen-bond donors (Lipinski definition) is 1. The highest BCUT2D eigenvalue weighted by Crippen LogP contribution is 2.23. The van der Waals surface area contributed by atoms with Crippen LogP contribution in [0.5, 0.6) is 0 Å². The van der Waals surface area contributed by atoms with Crippen LogP contribution < -0.4 is 0 Å². The average Bonchev–Trinajstić information content (AvgIpc) is 2.81. The van der Waals surface area contributed by atoms with Crippen molar-refractivity contribution < 1.29 is 14.6 Å². The van der Waals surface area contributed by atoms with Crippen molar-refractivity contribution in [1.29, 1.82) is 0 Å². The van der Waals surface area contributed by atoms with Gasteiger partial charge in [-0.2, -0.15) is 0 Å². The lowest BCUT2D eigenvalue weighted by atomic mass is 10.1. The molecule has 0 saturated carbocycles. The van der Waals surface area contributed by atoms with Gasteiger partial charge >= 0.3 is 5.97 Å². The van der Waals surface area contributed by atoms with Crippen molar-refractivity contribution in [2.45, 2.75) is 90.1 Å². The van der Waals surface area contributed by atoms with Gasteiger partial charge < -0.3 is 9.84 Å². The molecule has 24 heavy (non-hydrogen) atoms. The smallest absolute Gasteiger partial charge is 0.341 e. The first-order chi connectivity index (χ1) is 11.7. The van der Waals surface area contributed by atoms with Crippen molar-refractivity contribution in [2.75, 3.05) is 0 Å². The topological polar surface area (TPSA) is 46.5 Å². The second-order valence-electron chi connectivity index (χ2n) is 6.58. The van der Waals surface area contributed by atoms with Gasteiger partial charge in [0.05, 0.1) is 5.57 Å². The molecule has 1 heterocycles. The van der Waals surface area contributed by atoms with Gasteiger partial charge in [-0.25, -0.2) is 4.79 Å². The zero-order valence-electron chi connectivity index (χ0n) is 15.3. The standard InChI is InChI=1S/C21H34O3/c1-3-4-5-6-7-8-9-10-11-12-13-14-15-16-17-19-20(22)18(2)24-21(19)23/h10-11,17,20,22H,2-9,12-16H2,1H3. The van der Waals surface area contributed by atoms with Crippen LogP contribution in [0.4, 0.5) is 0 Å². The molecule has 1 aliphatic heterocycles. The number of aliphatic hydroxyl groups excluding tert-OH is 1. The molecule has 1 N–H and O–H groups in total. The molecule has 0 aliphatic carbocycles. The van der Waals surface area contributed by atoms with E-state index in [1.165, 1.54) is 51.4 Å². The van der Waals surface area contributed by atoms with Gasteiger partial charge in [0.2, 0.25) is 0 Å². The predicted molar refractivity (Wildman–Crippen MR) is 99.5 cm³/mol. The molecule has 136 valence electrons. The Morgan fingerprint density at radius 1 is 0.958 bits per heavy atom. The number of unbranched alkanes of at least 4 members (excludes halogenated alkanes) is 10. The van der Waals surface area contributed by atoms with Crippen LogP contribution in [0, 0.1) is 0 Å². The molecule has 1 aliphatic rings. The third-order valence-electron chi connectivity index (χ3n) is 4.39. The van der Waals surface area contributed by atoms with Gasteiger partial charge in [0.15, 0.2) is 0 Å². The normalized spacial score (nSPS) is 19.6. The molecule has 3 heteroatoms. The number of esters is 1. The molecular weight excluding hydrogens is 300 g/mol. The predicted octanol–water partition coefficient (Wildman–Crippen LogP) is 5.60. The maximum absolute atomic E-state index is 11.4. The first-order valence-corrected chi connectivity index (χ1v) is 9.61. The lowest BCUT2D eigenvalue weighted by Gasteiger charge is -2.00. The van der Waals surface area contributed by atoms with Crippen molar-refractivity contribution in [3.05, 3.63) is 36.1 Å². The minimum absolute atomic E-state index is 0.141. The van der Waals surface area contributed by atoms with E-state index < -0.39 is 12.1 Å². The molecule has 0 bridgehead atoms. The van der Waals surface area contributed by atoms with Crippen LogP contribution in [0.2, 0.25) is 0 Å². The molecule has 1 unspecified atom stereocenters. The third-order valence-corrected chi connectivity index (χ3v) is 4.39. The van der Waals surface area contributed by atoms with E-state index in [-0.39, 0.29) is 5.76 Å². The monoisotopic (exact) mass is 334 g/mol. The van der Waals surface area contributed by atoms with Crippen molar-refractivity contribution >= 4 is 5.97 Å². The number of aliphatic hydroxyl groups is 1. The number of carbonyl (C=O) groups excluding carboxylic acids is 1. The molecule has 3 nitrogen and oxygen atoms in total. The van der Waals surface area contributed by atoms with E-state index in [0.717, 1.165) is 25.7 Å². The van der Waals surface area contributed by atoms with Crippen molar-refractivity contribution in [3.8, 4) is 0 Å². The van der Waals surface area contributed by atoms with Crippen LogP contribution in [0.25, 0.3) is 0 Å². The van der Waals surface area contributed by atoms with E-state index in [4.69, 9.17) is 4.74 Å². The Morgan fingerprint density at radius 2 is 1.50 bits per heavy atom. The van der Waals surface area contributed by atoms with Crippen LogP contribution in [0.1, 0.15) is 84.0 Å². The van der Waals surface area contributed by atoms with Gasteiger partial charge in [0, 0.05) is 0 Å². The Hall–Kier alpha value is -1.35. The Kier molecular flexibility index (Phi) is 11.2. The quantitative estimate of drug-likeness (QED) is 0.206. The first kappa shape index (κ1) is 20.7. The molecule has 0 aromatic carbocycles. The maximum Gasteiger partial charge on any atom is 0.341 e. The Morgan fingerprint density at radius 3 is 2.08 bits per heavy atom. The lowest BCUT2D eigenvalue weighted by molar-refractivity contribution is -0.132. The molecule has 1 fully saturated rings. The summed E-state index contributed by atoms with van der Waals surface area (Å²) in [6.45, 7) is 5.76. The summed E-state index contributed by atoms with van der Waals surface area (Å²) in [5.41, 5.74) is 0.346. The minimum atomic E-state index is -0.942. The lowest BCUT2D eigenvalue weighted by Crippen LogP contribution is -2.07. The van der Waals surface area contributed by atoms with E-state index in [0.29, 0.717) is 5.57 Å². The van der Waals surface area contributed by atoms with Crippen molar-refractivity contribution in [3.63, 3.8) is 0 Å². The summed E-state index contributed by atoms with van der Waals surface area (Å²) >= 11 is 0. The van der Waals surface area contributed by atoms with Gasteiger partial charge in [-0.3, -0.25) is 0 Å². The van der Waals surface area contributed by atoms with Gasteiger partial charge in [-0.1, -0.05) is 70.3 Å². The highest BCUT2D eigenvalue weighted by molar-refractivity contribution is 5.93. The summed E-state index contributed by atoms with van der Waals surface area (Å²) in [6.07, 6.45) is 20.1. The summed E-state index contributed by atoms with van der Waals surface area (Å²) < 4.78 is 4.79. The average molecular weight is 335 g/mol.